The molecule has 1 fully saturated rings. The molecule has 0 aromatic carbocycles. The van der Waals surface area contributed by atoms with Crippen molar-refractivity contribution in [3.05, 3.63) is 10.4 Å². The van der Waals surface area contributed by atoms with E-state index in [1.165, 1.54) is 27.7 Å². The second kappa shape index (κ2) is 22.5. The van der Waals surface area contributed by atoms with E-state index in [4.69, 9.17) is 48.2 Å². The van der Waals surface area contributed by atoms with Crippen molar-refractivity contribution in [2.45, 2.75) is 58.2 Å². The zero-order valence-electron chi connectivity index (χ0n) is 24.5. The summed E-state index contributed by atoms with van der Waals surface area (Å²) in [5.74, 6) is -2.41. The van der Waals surface area contributed by atoms with Crippen LogP contribution in [0.5, 0.6) is 0 Å². The molecule has 1 N–H and O–H groups in total. The van der Waals surface area contributed by atoms with Crippen LogP contribution in [0.25, 0.3) is 10.4 Å². The van der Waals surface area contributed by atoms with Crippen LogP contribution in [0.4, 0.5) is 0 Å². The standard InChI is InChI=1S/C25H42N4O13/c1-17(30)28-23-21(38-14-13-37-12-11-36-10-9-35-8-7-34-6-5-27-29-26)15-40-22(16-39-18(2)31)24(41-19(3)32)25(23)42-20(4)33/h21-25H,5-16H2,1-4H3,(H,28,30)/t21-,22+,23+,24-,25+/m0/s1. The lowest BCUT2D eigenvalue weighted by Gasteiger charge is -2.34. The Labute approximate surface area is 244 Å². The lowest BCUT2D eigenvalue weighted by molar-refractivity contribution is -0.182. The molecular formula is C25H42N4O13. The van der Waals surface area contributed by atoms with Crippen LogP contribution in [-0.2, 0) is 61.8 Å². The normalized spacial score (nSPS) is 21.9. The fraction of sp³-hybridized carbons (Fsp3) is 0.840. The highest BCUT2D eigenvalue weighted by Crippen LogP contribution is 2.25. The van der Waals surface area contributed by atoms with Gasteiger partial charge in [0.25, 0.3) is 0 Å². The number of azide groups is 1. The molecular weight excluding hydrogens is 564 g/mol. The first kappa shape index (κ1) is 37.0. The highest BCUT2D eigenvalue weighted by atomic mass is 16.6. The summed E-state index contributed by atoms with van der Waals surface area (Å²) in [5, 5.41) is 6.06. The Morgan fingerprint density at radius 3 is 1.81 bits per heavy atom. The quantitative estimate of drug-likeness (QED) is 0.0458. The molecule has 1 heterocycles. The fourth-order valence-electron chi connectivity index (χ4n) is 3.79. The van der Waals surface area contributed by atoms with Gasteiger partial charge in [0.15, 0.2) is 12.2 Å². The molecule has 42 heavy (non-hydrogen) atoms. The van der Waals surface area contributed by atoms with Crippen LogP contribution in [0.1, 0.15) is 27.7 Å². The number of hydrogen-bond acceptors (Lipinski definition) is 14. The average molecular weight is 607 g/mol. The number of hydrogen-bond donors (Lipinski definition) is 1. The van der Waals surface area contributed by atoms with Crippen LogP contribution >= 0.6 is 0 Å². The highest BCUT2D eigenvalue weighted by Gasteiger charge is 2.48. The van der Waals surface area contributed by atoms with Gasteiger partial charge in [-0.1, -0.05) is 5.11 Å². The number of carbonyl (C=O) groups is 4. The van der Waals surface area contributed by atoms with Gasteiger partial charge in [-0.15, -0.1) is 0 Å². The van der Waals surface area contributed by atoms with Crippen LogP contribution in [0.15, 0.2) is 5.11 Å². The first-order valence-corrected chi connectivity index (χ1v) is 13.5. The van der Waals surface area contributed by atoms with Gasteiger partial charge < -0.3 is 47.9 Å². The van der Waals surface area contributed by atoms with E-state index in [0.717, 1.165) is 0 Å². The molecule has 1 aliphatic heterocycles. The van der Waals surface area contributed by atoms with E-state index in [-0.39, 0.29) is 39.6 Å². The van der Waals surface area contributed by atoms with Crippen molar-refractivity contribution in [3.8, 4) is 0 Å². The van der Waals surface area contributed by atoms with Crippen molar-refractivity contribution in [1.82, 2.24) is 5.32 Å². The molecule has 17 nitrogen and oxygen atoms in total. The summed E-state index contributed by atoms with van der Waals surface area (Å²) in [6.45, 7) is 7.46. The average Bonchev–Trinajstić information content (AvgIpc) is 3.03. The maximum absolute atomic E-state index is 12.1. The van der Waals surface area contributed by atoms with Crippen molar-refractivity contribution in [2.24, 2.45) is 5.11 Å². The van der Waals surface area contributed by atoms with Gasteiger partial charge in [0.2, 0.25) is 5.91 Å². The number of ether oxygens (including phenoxy) is 9. The molecule has 1 aliphatic rings. The summed E-state index contributed by atoms with van der Waals surface area (Å²) >= 11 is 0. The molecule has 0 radical (unpaired) electrons. The zero-order chi connectivity index (χ0) is 31.2. The van der Waals surface area contributed by atoms with Crippen molar-refractivity contribution in [1.29, 1.82) is 0 Å². The number of carbonyl (C=O) groups excluding carboxylic acids is 4. The molecule has 240 valence electrons. The molecule has 0 saturated carbocycles. The number of rotatable bonds is 21. The molecule has 0 spiro atoms. The largest absolute Gasteiger partial charge is 0.463 e. The summed E-state index contributed by atoms with van der Waals surface area (Å²) in [7, 11) is 0. The van der Waals surface area contributed by atoms with Gasteiger partial charge in [-0.2, -0.15) is 0 Å². The van der Waals surface area contributed by atoms with E-state index in [1.54, 1.807) is 0 Å². The summed E-state index contributed by atoms with van der Waals surface area (Å²) in [4.78, 5) is 50.0. The van der Waals surface area contributed by atoms with Gasteiger partial charge in [0, 0.05) is 39.2 Å². The van der Waals surface area contributed by atoms with E-state index < -0.39 is 54.3 Å². The predicted octanol–water partition coefficient (Wildman–Crippen LogP) is 0.0783. The molecule has 17 heteroatoms. The smallest absolute Gasteiger partial charge is 0.303 e. The Hall–Kier alpha value is -3.05. The maximum atomic E-state index is 12.1. The van der Waals surface area contributed by atoms with Crippen LogP contribution in [0.3, 0.4) is 0 Å². The molecule has 0 aromatic rings. The number of nitrogens with one attached hydrogen (secondary N) is 1. The molecule has 1 amide bonds. The minimum absolute atomic E-state index is 0.0898. The van der Waals surface area contributed by atoms with Crippen LogP contribution in [0.2, 0.25) is 0 Å². The Morgan fingerprint density at radius 1 is 0.786 bits per heavy atom. The Kier molecular flexibility index (Phi) is 19.8. The first-order chi connectivity index (χ1) is 20.1. The Balaban J connectivity index is 2.56. The Bertz CT molecular complexity index is 871. The molecule has 1 saturated heterocycles. The lowest BCUT2D eigenvalue weighted by atomic mass is 9.97. The third-order valence-corrected chi connectivity index (χ3v) is 5.42. The van der Waals surface area contributed by atoms with Gasteiger partial charge in [0.1, 0.15) is 18.8 Å². The molecule has 0 aliphatic carbocycles. The predicted molar refractivity (Wildman–Crippen MR) is 142 cm³/mol. The van der Waals surface area contributed by atoms with Crippen molar-refractivity contribution in [3.63, 3.8) is 0 Å². The molecule has 0 aromatic heterocycles. The van der Waals surface area contributed by atoms with Crippen LogP contribution < -0.4 is 5.32 Å². The zero-order valence-corrected chi connectivity index (χ0v) is 24.5. The SMILES string of the molecule is CC(=O)N[C@H]1[C@@H](OC(C)=O)[C@@H](OC(C)=O)[C@@H](COC(C)=O)OC[C@@H]1OCCOCCOCCOCCOCCN=[N+]=[N-]. The minimum atomic E-state index is -1.20. The van der Waals surface area contributed by atoms with E-state index in [2.05, 4.69) is 15.3 Å². The molecule has 0 bridgehead atoms. The topological polar surface area (TPSA) is 212 Å². The van der Waals surface area contributed by atoms with Gasteiger partial charge in [-0.3, -0.25) is 19.2 Å². The van der Waals surface area contributed by atoms with E-state index in [9.17, 15) is 19.2 Å². The molecule has 1 rings (SSSR count). The van der Waals surface area contributed by atoms with Gasteiger partial charge in [-0.25, -0.2) is 0 Å². The van der Waals surface area contributed by atoms with Crippen LogP contribution in [-0.4, -0.2) is 133 Å². The van der Waals surface area contributed by atoms with E-state index >= 15 is 0 Å². The summed E-state index contributed by atoms with van der Waals surface area (Å²) < 4.78 is 49.3. The van der Waals surface area contributed by atoms with E-state index in [0.29, 0.717) is 39.6 Å². The number of amides is 1. The van der Waals surface area contributed by atoms with Crippen LogP contribution in [0, 0.1) is 0 Å². The molecule has 0 unspecified atom stereocenters. The lowest BCUT2D eigenvalue weighted by Crippen LogP contribution is -2.58. The fourth-order valence-corrected chi connectivity index (χ4v) is 3.79. The first-order valence-electron chi connectivity index (χ1n) is 13.5. The molecule has 5 atom stereocenters. The van der Waals surface area contributed by atoms with Gasteiger partial charge >= 0.3 is 17.9 Å². The number of esters is 3. The highest BCUT2D eigenvalue weighted by molar-refractivity contribution is 5.73. The second-order valence-electron chi connectivity index (χ2n) is 8.86. The minimum Gasteiger partial charge on any atom is -0.463 e. The monoisotopic (exact) mass is 606 g/mol. The third-order valence-electron chi connectivity index (χ3n) is 5.42. The summed E-state index contributed by atoms with van der Waals surface area (Å²) in [6, 6.07) is -0.960. The van der Waals surface area contributed by atoms with Crippen molar-refractivity contribution < 1.29 is 61.8 Å². The number of nitrogens with zero attached hydrogens (tertiary/aromatic N) is 3. The van der Waals surface area contributed by atoms with E-state index in [1.807, 2.05) is 0 Å². The Morgan fingerprint density at radius 2 is 1.31 bits per heavy atom. The third kappa shape index (κ3) is 17.0. The van der Waals surface area contributed by atoms with Gasteiger partial charge in [0.05, 0.1) is 72.1 Å². The second-order valence-corrected chi connectivity index (χ2v) is 8.86. The summed E-state index contributed by atoms with van der Waals surface area (Å²) in [6.07, 6.45) is -4.24. The summed E-state index contributed by atoms with van der Waals surface area (Å²) in [5.41, 5.74) is 8.16. The van der Waals surface area contributed by atoms with Crippen molar-refractivity contribution in [2.75, 3.05) is 79.2 Å². The van der Waals surface area contributed by atoms with Gasteiger partial charge in [-0.05, 0) is 5.53 Å². The van der Waals surface area contributed by atoms with Crippen molar-refractivity contribution >= 4 is 23.8 Å². The maximum Gasteiger partial charge on any atom is 0.303 e.